The standard InChI is InChI=1S/C22H24FN3S/c1-17-5-7-19(8-6-17)22-24-21(16-27-22)15-26-11-9-25(10-12-26)14-18-3-2-4-20(23)13-18/h2-8,13,16H,9-12,14-15H2,1H3. The van der Waals surface area contributed by atoms with Crippen molar-refractivity contribution in [2.24, 2.45) is 0 Å². The van der Waals surface area contributed by atoms with Gasteiger partial charge in [-0.25, -0.2) is 9.37 Å². The number of thiazole rings is 1. The second-order valence-electron chi connectivity index (χ2n) is 7.19. The average molecular weight is 382 g/mol. The molecule has 2 aromatic carbocycles. The number of benzene rings is 2. The van der Waals surface area contributed by atoms with Crippen molar-refractivity contribution in [3.05, 3.63) is 76.5 Å². The van der Waals surface area contributed by atoms with Gasteiger partial charge in [0.1, 0.15) is 10.8 Å². The molecule has 3 aromatic rings. The highest BCUT2D eigenvalue weighted by molar-refractivity contribution is 7.13. The predicted molar refractivity (Wildman–Crippen MR) is 109 cm³/mol. The van der Waals surface area contributed by atoms with Crippen LogP contribution in [-0.4, -0.2) is 41.0 Å². The average Bonchev–Trinajstić information content (AvgIpc) is 3.12. The van der Waals surface area contributed by atoms with E-state index in [1.54, 1.807) is 23.5 Å². The third kappa shape index (κ3) is 4.80. The van der Waals surface area contributed by atoms with E-state index >= 15 is 0 Å². The molecule has 0 radical (unpaired) electrons. The number of piperazine rings is 1. The molecular weight excluding hydrogens is 357 g/mol. The molecule has 140 valence electrons. The Hall–Kier alpha value is -2.08. The quantitative estimate of drug-likeness (QED) is 0.645. The molecule has 0 atom stereocenters. The molecule has 1 aliphatic rings. The van der Waals surface area contributed by atoms with Gasteiger partial charge in [-0.3, -0.25) is 9.80 Å². The molecule has 0 unspecified atom stereocenters. The molecule has 0 bridgehead atoms. The Kier molecular flexibility index (Phi) is 5.62. The summed E-state index contributed by atoms with van der Waals surface area (Å²) in [4.78, 5) is 9.67. The first kappa shape index (κ1) is 18.3. The summed E-state index contributed by atoms with van der Waals surface area (Å²) in [5.41, 5.74) is 4.66. The first-order valence-corrected chi connectivity index (χ1v) is 10.2. The number of aromatic nitrogens is 1. The van der Waals surface area contributed by atoms with E-state index in [1.807, 2.05) is 6.07 Å². The Balaban J connectivity index is 1.30. The van der Waals surface area contributed by atoms with Crippen LogP contribution in [0, 0.1) is 12.7 Å². The maximum atomic E-state index is 13.3. The number of aryl methyl sites for hydroxylation is 1. The Morgan fingerprint density at radius 2 is 1.67 bits per heavy atom. The van der Waals surface area contributed by atoms with Crippen molar-refractivity contribution in [1.29, 1.82) is 0 Å². The van der Waals surface area contributed by atoms with Crippen LogP contribution in [0.1, 0.15) is 16.8 Å². The first-order chi connectivity index (χ1) is 13.2. The third-order valence-corrected chi connectivity index (χ3v) is 5.94. The van der Waals surface area contributed by atoms with Crippen LogP contribution in [0.3, 0.4) is 0 Å². The molecular formula is C22H24FN3S. The Morgan fingerprint density at radius 1 is 0.963 bits per heavy atom. The van der Waals surface area contributed by atoms with Crippen LogP contribution in [0.5, 0.6) is 0 Å². The number of nitrogens with zero attached hydrogens (tertiary/aromatic N) is 3. The Morgan fingerprint density at radius 3 is 2.37 bits per heavy atom. The minimum atomic E-state index is -0.154. The molecule has 0 N–H and O–H groups in total. The molecule has 4 rings (SSSR count). The van der Waals surface area contributed by atoms with Crippen molar-refractivity contribution < 1.29 is 4.39 Å². The fraction of sp³-hybridized carbons (Fsp3) is 0.318. The number of hydrogen-bond donors (Lipinski definition) is 0. The van der Waals surface area contributed by atoms with E-state index in [-0.39, 0.29) is 5.82 Å². The fourth-order valence-corrected chi connectivity index (χ4v) is 4.25. The van der Waals surface area contributed by atoms with Crippen LogP contribution in [0.4, 0.5) is 4.39 Å². The maximum absolute atomic E-state index is 13.3. The van der Waals surface area contributed by atoms with Crippen LogP contribution in [0.15, 0.2) is 53.9 Å². The van der Waals surface area contributed by atoms with E-state index in [2.05, 4.69) is 46.4 Å². The van der Waals surface area contributed by atoms with E-state index < -0.39 is 0 Å². The van der Waals surface area contributed by atoms with Crippen molar-refractivity contribution in [2.45, 2.75) is 20.0 Å². The number of halogens is 1. The van der Waals surface area contributed by atoms with Gasteiger partial charge < -0.3 is 0 Å². The lowest BCUT2D eigenvalue weighted by atomic mass is 10.2. The molecule has 2 heterocycles. The lowest BCUT2D eigenvalue weighted by Gasteiger charge is -2.34. The van der Waals surface area contributed by atoms with Gasteiger partial charge in [0.15, 0.2) is 0 Å². The molecule has 0 spiro atoms. The molecule has 3 nitrogen and oxygen atoms in total. The minimum Gasteiger partial charge on any atom is -0.297 e. The first-order valence-electron chi connectivity index (χ1n) is 9.36. The van der Waals surface area contributed by atoms with E-state index in [0.717, 1.165) is 55.5 Å². The van der Waals surface area contributed by atoms with Gasteiger partial charge in [0.25, 0.3) is 0 Å². The zero-order chi connectivity index (χ0) is 18.6. The molecule has 1 aliphatic heterocycles. The van der Waals surface area contributed by atoms with Gasteiger partial charge in [-0.1, -0.05) is 42.0 Å². The van der Waals surface area contributed by atoms with Crippen LogP contribution in [-0.2, 0) is 13.1 Å². The smallest absolute Gasteiger partial charge is 0.123 e. The maximum Gasteiger partial charge on any atom is 0.123 e. The second-order valence-corrected chi connectivity index (χ2v) is 8.05. The van der Waals surface area contributed by atoms with Gasteiger partial charge >= 0.3 is 0 Å². The van der Waals surface area contributed by atoms with Crippen LogP contribution in [0.2, 0.25) is 0 Å². The fourth-order valence-electron chi connectivity index (χ4n) is 3.44. The zero-order valence-corrected chi connectivity index (χ0v) is 16.4. The summed E-state index contributed by atoms with van der Waals surface area (Å²) in [6.45, 7) is 7.87. The normalized spacial score (nSPS) is 15.9. The van der Waals surface area contributed by atoms with Gasteiger partial charge in [-0.2, -0.15) is 0 Å². The topological polar surface area (TPSA) is 19.4 Å². The van der Waals surface area contributed by atoms with Gasteiger partial charge in [-0.15, -0.1) is 11.3 Å². The zero-order valence-electron chi connectivity index (χ0n) is 15.6. The molecule has 1 fully saturated rings. The highest BCUT2D eigenvalue weighted by Crippen LogP contribution is 2.24. The molecule has 0 aliphatic carbocycles. The van der Waals surface area contributed by atoms with E-state index in [4.69, 9.17) is 4.98 Å². The highest BCUT2D eigenvalue weighted by Gasteiger charge is 2.18. The monoisotopic (exact) mass is 381 g/mol. The third-order valence-electron chi connectivity index (χ3n) is 5.00. The summed E-state index contributed by atoms with van der Waals surface area (Å²) in [7, 11) is 0. The van der Waals surface area contributed by atoms with Crippen LogP contribution in [0.25, 0.3) is 10.6 Å². The van der Waals surface area contributed by atoms with Gasteiger partial charge in [-0.05, 0) is 24.6 Å². The number of hydrogen-bond acceptors (Lipinski definition) is 4. The lowest BCUT2D eigenvalue weighted by Crippen LogP contribution is -2.45. The summed E-state index contributed by atoms with van der Waals surface area (Å²) in [5, 5.41) is 3.27. The number of rotatable bonds is 5. The SMILES string of the molecule is Cc1ccc(-c2nc(CN3CCN(Cc4cccc(F)c4)CC3)cs2)cc1. The van der Waals surface area contributed by atoms with Crippen molar-refractivity contribution in [3.63, 3.8) is 0 Å². The summed E-state index contributed by atoms with van der Waals surface area (Å²) in [6.07, 6.45) is 0. The largest absolute Gasteiger partial charge is 0.297 e. The molecule has 1 saturated heterocycles. The van der Waals surface area contributed by atoms with Gasteiger partial charge in [0.05, 0.1) is 5.69 Å². The summed E-state index contributed by atoms with van der Waals surface area (Å²) < 4.78 is 13.3. The van der Waals surface area contributed by atoms with E-state index in [1.165, 1.54) is 17.2 Å². The predicted octanol–water partition coefficient (Wildman–Crippen LogP) is 4.58. The molecule has 1 aromatic heterocycles. The van der Waals surface area contributed by atoms with Crippen molar-refractivity contribution in [3.8, 4) is 10.6 Å². The Labute approximate surface area is 164 Å². The highest BCUT2D eigenvalue weighted by atomic mass is 32.1. The van der Waals surface area contributed by atoms with E-state index in [0.29, 0.717) is 0 Å². The lowest BCUT2D eigenvalue weighted by molar-refractivity contribution is 0.121. The minimum absolute atomic E-state index is 0.154. The van der Waals surface area contributed by atoms with Crippen molar-refractivity contribution in [2.75, 3.05) is 26.2 Å². The Bertz CT molecular complexity index is 883. The van der Waals surface area contributed by atoms with Crippen molar-refractivity contribution >= 4 is 11.3 Å². The van der Waals surface area contributed by atoms with Gasteiger partial charge in [0.2, 0.25) is 0 Å². The molecule has 0 amide bonds. The van der Waals surface area contributed by atoms with Gasteiger partial charge in [0, 0.05) is 50.2 Å². The second kappa shape index (κ2) is 8.30. The van der Waals surface area contributed by atoms with Crippen LogP contribution < -0.4 is 0 Å². The van der Waals surface area contributed by atoms with E-state index in [9.17, 15) is 4.39 Å². The summed E-state index contributed by atoms with van der Waals surface area (Å²) in [6, 6.07) is 15.5. The molecule has 0 saturated carbocycles. The summed E-state index contributed by atoms with van der Waals surface area (Å²) in [5.74, 6) is -0.154. The van der Waals surface area contributed by atoms with Crippen LogP contribution >= 0.6 is 11.3 Å². The molecule has 27 heavy (non-hydrogen) atoms. The van der Waals surface area contributed by atoms with Crippen molar-refractivity contribution in [1.82, 2.24) is 14.8 Å². The summed E-state index contributed by atoms with van der Waals surface area (Å²) >= 11 is 1.72. The molecule has 5 heteroatoms.